The molecular weight excluding hydrogens is 360 g/mol. The molecule has 3 heterocycles. The smallest absolute Gasteiger partial charge is 0.277 e. The summed E-state index contributed by atoms with van der Waals surface area (Å²) in [6.07, 6.45) is 3.20. The predicted octanol–water partition coefficient (Wildman–Crippen LogP) is 4.49. The van der Waals surface area contributed by atoms with Gasteiger partial charge in [0.05, 0.1) is 12.0 Å². The van der Waals surface area contributed by atoms with E-state index in [1.54, 1.807) is 46.8 Å². The third-order valence-corrected chi connectivity index (χ3v) is 4.38. The molecule has 0 radical (unpaired) electrons. The van der Waals surface area contributed by atoms with Crippen molar-refractivity contribution < 1.29 is 9.21 Å². The lowest BCUT2D eigenvalue weighted by molar-refractivity contribution is 0.102. The van der Waals surface area contributed by atoms with Crippen LogP contribution in [0, 0.1) is 0 Å². The van der Waals surface area contributed by atoms with E-state index in [1.807, 2.05) is 18.2 Å². The Kier molecular flexibility index (Phi) is 4.09. The van der Waals surface area contributed by atoms with Crippen molar-refractivity contribution >= 4 is 34.0 Å². The summed E-state index contributed by atoms with van der Waals surface area (Å²) in [5.41, 5.74) is 1.69. The lowest BCUT2D eigenvalue weighted by Crippen LogP contribution is -2.12. The van der Waals surface area contributed by atoms with Gasteiger partial charge in [0.2, 0.25) is 0 Å². The number of thiazole rings is 1. The van der Waals surface area contributed by atoms with E-state index in [0.717, 1.165) is 5.69 Å². The van der Waals surface area contributed by atoms with Gasteiger partial charge >= 0.3 is 0 Å². The fourth-order valence-electron chi connectivity index (χ4n) is 2.32. The minimum absolute atomic E-state index is 0.261. The van der Waals surface area contributed by atoms with Gasteiger partial charge in [-0.2, -0.15) is 5.10 Å². The first-order valence-electron chi connectivity index (χ1n) is 7.31. The number of nitrogens with zero attached hydrogens (tertiary/aromatic N) is 3. The molecule has 0 spiro atoms. The summed E-state index contributed by atoms with van der Waals surface area (Å²) in [4.78, 5) is 16.5. The Morgan fingerprint density at radius 2 is 2.08 bits per heavy atom. The second-order valence-corrected chi connectivity index (χ2v) is 6.40. The largest absolute Gasteiger partial charge is 0.463 e. The molecule has 0 saturated heterocycles. The molecule has 0 atom stereocenters. The predicted molar refractivity (Wildman–Crippen MR) is 96.3 cm³/mol. The average molecular weight is 371 g/mol. The lowest BCUT2D eigenvalue weighted by Gasteiger charge is -2.05. The van der Waals surface area contributed by atoms with E-state index in [1.165, 1.54) is 11.3 Å². The van der Waals surface area contributed by atoms with E-state index in [0.29, 0.717) is 21.6 Å². The summed E-state index contributed by atoms with van der Waals surface area (Å²) in [6, 6.07) is 12.4. The Morgan fingerprint density at radius 3 is 2.76 bits per heavy atom. The second kappa shape index (κ2) is 6.54. The highest BCUT2D eigenvalue weighted by Crippen LogP contribution is 2.26. The molecule has 1 N–H and O–H groups in total. The van der Waals surface area contributed by atoms with Crippen molar-refractivity contribution in [3.8, 4) is 17.1 Å². The molecule has 4 aromatic rings. The highest BCUT2D eigenvalue weighted by molar-refractivity contribution is 7.13. The zero-order chi connectivity index (χ0) is 17.2. The molecule has 1 amide bonds. The first kappa shape index (κ1) is 15.6. The number of halogens is 1. The zero-order valence-electron chi connectivity index (χ0n) is 12.7. The summed E-state index contributed by atoms with van der Waals surface area (Å²) in [5, 5.41) is 10.1. The molecule has 0 saturated carbocycles. The van der Waals surface area contributed by atoms with Crippen molar-refractivity contribution in [2.24, 2.45) is 0 Å². The maximum absolute atomic E-state index is 12.5. The Labute approximate surface area is 151 Å². The van der Waals surface area contributed by atoms with Crippen molar-refractivity contribution in [3.63, 3.8) is 0 Å². The van der Waals surface area contributed by atoms with E-state index in [4.69, 9.17) is 16.0 Å². The summed E-state index contributed by atoms with van der Waals surface area (Å²) < 4.78 is 7.12. The van der Waals surface area contributed by atoms with Gasteiger partial charge in [0.25, 0.3) is 5.91 Å². The van der Waals surface area contributed by atoms with Crippen LogP contribution in [0.15, 0.2) is 64.7 Å². The third-order valence-electron chi connectivity index (χ3n) is 3.44. The number of benzene rings is 1. The number of amides is 1. The molecule has 8 heteroatoms. The first-order chi connectivity index (χ1) is 12.2. The molecular formula is C17H11ClN4O2S. The topological polar surface area (TPSA) is 73.0 Å². The highest BCUT2D eigenvalue weighted by Gasteiger charge is 2.19. The second-order valence-electron chi connectivity index (χ2n) is 5.07. The van der Waals surface area contributed by atoms with Crippen LogP contribution in [0.2, 0.25) is 5.02 Å². The van der Waals surface area contributed by atoms with E-state index in [-0.39, 0.29) is 11.6 Å². The van der Waals surface area contributed by atoms with Crippen molar-refractivity contribution in [1.82, 2.24) is 14.8 Å². The van der Waals surface area contributed by atoms with Crippen molar-refractivity contribution in [1.29, 1.82) is 0 Å². The molecule has 1 aromatic carbocycles. The van der Waals surface area contributed by atoms with E-state index < -0.39 is 0 Å². The lowest BCUT2D eigenvalue weighted by atomic mass is 10.2. The van der Waals surface area contributed by atoms with Crippen LogP contribution in [0.5, 0.6) is 0 Å². The van der Waals surface area contributed by atoms with Gasteiger partial charge < -0.3 is 4.42 Å². The molecule has 25 heavy (non-hydrogen) atoms. The number of furan rings is 1. The number of carbonyl (C=O) groups excluding carboxylic acids is 1. The van der Waals surface area contributed by atoms with E-state index in [9.17, 15) is 4.79 Å². The fourth-order valence-corrected chi connectivity index (χ4v) is 2.97. The Hall–Kier alpha value is -2.90. The zero-order valence-corrected chi connectivity index (χ0v) is 14.3. The summed E-state index contributed by atoms with van der Waals surface area (Å²) >= 11 is 7.30. The SMILES string of the molecule is O=C(Nc1nccs1)c1cc(-c2ccco2)n(-c2ccc(Cl)cc2)n1. The van der Waals surface area contributed by atoms with Crippen LogP contribution >= 0.6 is 22.9 Å². The molecule has 4 rings (SSSR count). The normalized spacial score (nSPS) is 10.8. The summed E-state index contributed by atoms with van der Waals surface area (Å²) in [6.45, 7) is 0. The molecule has 3 aromatic heterocycles. The number of hydrogen-bond acceptors (Lipinski definition) is 5. The quantitative estimate of drug-likeness (QED) is 0.574. The number of nitrogens with one attached hydrogen (secondary N) is 1. The van der Waals surface area contributed by atoms with Crippen molar-refractivity contribution in [2.45, 2.75) is 0 Å². The molecule has 0 fully saturated rings. The van der Waals surface area contributed by atoms with Crippen LogP contribution in [0.25, 0.3) is 17.1 Å². The number of hydrogen-bond donors (Lipinski definition) is 1. The van der Waals surface area contributed by atoms with Gasteiger partial charge in [-0.3, -0.25) is 10.1 Å². The van der Waals surface area contributed by atoms with E-state index in [2.05, 4.69) is 15.4 Å². The molecule has 0 aliphatic rings. The Morgan fingerprint density at radius 1 is 1.24 bits per heavy atom. The van der Waals surface area contributed by atoms with Gasteiger partial charge in [-0.05, 0) is 36.4 Å². The van der Waals surface area contributed by atoms with Crippen LogP contribution < -0.4 is 5.32 Å². The molecule has 0 aliphatic heterocycles. The highest BCUT2D eigenvalue weighted by atomic mass is 35.5. The maximum Gasteiger partial charge on any atom is 0.277 e. The number of anilines is 1. The number of carbonyl (C=O) groups is 1. The van der Waals surface area contributed by atoms with Gasteiger partial charge in [-0.1, -0.05) is 11.6 Å². The van der Waals surface area contributed by atoms with Crippen molar-refractivity contribution in [3.05, 3.63) is 71.0 Å². The number of rotatable bonds is 4. The molecule has 6 nitrogen and oxygen atoms in total. The summed E-state index contributed by atoms with van der Waals surface area (Å²) in [5.74, 6) is 0.270. The van der Waals surface area contributed by atoms with Crippen LogP contribution in [-0.2, 0) is 0 Å². The van der Waals surface area contributed by atoms with E-state index >= 15 is 0 Å². The van der Waals surface area contributed by atoms with Gasteiger partial charge in [-0.25, -0.2) is 9.67 Å². The molecule has 0 unspecified atom stereocenters. The summed E-state index contributed by atoms with van der Waals surface area (Å²) in [7, 11) is 0. The maximum atomic E-state index is 12.5. The molecule has 124 valence electrons. The average Bonchev–Trinajstić information content (AvgIpc) is 3.36. The standard InChI is InChI=1S/C17H11ClN4O2S/c18-11-3-5-12(6-4-11)22-14(15-2-1-8-24-15)10-13(21-22)16(23)20-17-19-7-9-25-17/h1-10H,(H,19,20,23). The van der Waals surface area contributed by atoms with Crippen LogP contribution in [0.1, 0.15) is 10.5 Å². The van der Waals surface area contributed by atoms with Gasteiger partial charge in [0.1, 0.15) is 5.69 Å². The van der Waals surface area contributed by atoms with Crippen LogP contribution in [-0.4, -0.2) is 20.7 Å². The monoisotopic (exact) mass is 370 g/mol. The van der Waals surface area contributed by atoms with Gasteiger partial charge in [0.15, 0.2) is 16.6 Å². The third kappa shape index (κ3) is 3.19. The Balaban J connectivity index is 1.75. The minimum atomic E-state index is -0.338. The minimum Gasteiger partial charge on any atom is -0.463 e. The Bertz CT molecular complexity index is 992. The van der Waals surface area contributed by atoms with Gasteiger partial charge in [0, 0.05) is 22.7 Å². The van der Waals surface area contributed by atoms with Crippen molar-refractivity contribution in [2.75, 3.05) is 5.32 Å². The van der Waals surface area contributed by atoms with Crippen LogP contribution in [0.3, 0.4) is 0 Å². The first-order valence-corrected chi connectivity index (χ1v) is 8.57. The molecule has 0 bridgehead atoms. The number of aromatic nitrogens is 3. The van der Waals surface area contributed by atoms with Gasteiger partial charge in [-0.15, -0.1) is 11.3 Å². The molecule has 0 aliphatic carbocycles. The van der Waals surface area contributed by atoms with Crippen LogP contribution in [0.4, 0.5) is 5.13 Å². The fraction of sp³-hybridized carbons (Fsp3) is 0.